The molecule has 1 unspecified atom stereocenters. The molecule has 1 fully saturated rings. The highest BCUT2D eigenvalue weighted by Crippen LogP contribution is 2.41. The average Bonchev–Trinajstić information content (AvgIpc) is 3.16. The van der Waals surface area contributed by atoms with Gasteiger partial charge in [0.1, 0.15) is 10.6 Å². The van der Waals surface area contributed by atoms with Gasteiger partial charge >= 0.3 is 6.09 Å². The summed E-state index contributed by atoms with van der Waals surface area (Å²) >= 11 is 0. The molecular formula is C44H58N4O7SSi. The highest BCUT2D eigenvalue weighted by atomic mass is 32.2. The minimum Gasteiger partial charge on any atom is -0.490 e. The van der Waals surface area contributed by atoms with Gasteiger partial charge in [0.15, 0.2) is 8.32 Å². The standard InChI is InChI=1S/C44H58N4O7SSi/c1-43(2,3)38(29-48(42(50)51)30-40(34-14-12-24-45-27-34)55-57(7,8)44(4,5)6)32-20-18-31(19-21-32)33-22-23-37(39(26-33)54-35-15-10-9-11-16-35)41(49)47-56(52,53)36-17-13-25-46-28-36/h12-14,17-28,35,38,40H,9-11,15-16,29-30H2,1-8H3,(H,47,49)(H,50,51)/t38?,40-/m0/s1. The molecule has 306 valence electrons. The number of amides is 2. The van der Waals surface area contributed by atoms with Crippen LogP contribution >= 0.6 is 0 Å². The van der Waals surface area contributed by atoms with E-state index in [9.17, 15) is 23.1 Å². The van der Waals surface area contributed by atoms with Crippen molar-refractivity contribution in [2.24, 2.45) is 5.41 Å². The van der Waals surface area contributed by atoms with Crippen molar-refractivity contribution in [2.45, 2.75) is 115 Å². The Morgan fingerprint density at radius 2 is 1.49 bits per heavy atom. The summed E-state index contributed by atoms with van der Waals surface area (Å²) in [6.07, 6.45) is 9.38. The van der Waals surface area contributed by atoms with Crippen LogP contribution in [0.1, 0.15) is 107 Å². The van der Waals surface area contributed by atoms with Crippen molar-refractivity contribution in [1.82, 2.24) is 19.6 Å². The van der Waals surface area contributed by atoms with Gasteiger partial charge < -0.3 is 19.2 Å². The molecule has 1 saturated carbocycles. The Morgan fingerprint density at radius 3 is 2.05 bits per heavy atom. The molecule has 57 heavy (non-hydrogen) atoms. The van der Waals surface area contributed by atoms with Crippen molar-refractivity contribution >= 4 is 30.3 Å². The molecule has 1 aliphatic carbocycles. The van der Waals surface area contributed by atoms with Crippen LogP contribution in [0.3, 0.4) is 0 Å². The average molecular weight is 815 g/mol. The van der Waals surface area contributed by atoms with Gasteiger partial charge in [-0.3, -0.25) is 14.8 Å². The largest absolute Gasteiger partial charge is 0.490 e. The molecule has 1 aliphatic rings. The van der Waals surface area contributed by atoms with Gasteiger partial charge in [0.25, 0.3) is 15.9 Å². The van der Waals surface area contributed by atoms with Gasteiger partial charge in [0.05, 0.1) is 24.3 Å². The van der Waals surface area contributed by atoms with Crippen LogP contribution < -0.4 is 9.46 Å². The number of hydrogen-bond donors (Lipinski definition) is 2. The fourth-order valence-electron chi connectivity index (χ4n) is 6.84. The van der Waals surface area contributed by atoms with Crippen molar-refractivity contribution in [3.63, 3.8) is 0 Å². The summed E-state index contributed by atoms with van der Waals surface area (Å²) in [6.45, 7) is 17.6. The molecule has 4 aromatic rings. The fourth-order valence-corrected chi connectivity index (χ4v) is 9.04. The summed E-state index contributed by atoms with van der Waals surface area (Å²) in [6, 6.07) is 19.9. The molecule has 0 bridgehead atoms. The second-order valence-electron chi connectivity index (χ2n) is 17.6. The predicted octanol–water partition coefficient (Wildman–Crippen LogP) is 9.85. The van der Waals surface area contributed by atoms with E-state index in [2.05, 4.69) is 69.3 Å². The maximum absolute atomic E-state index is 13.5. The van der Waals surface area contributed by atoms with Crippen LogP contribution in [0.4, 0.5) is 4.79 Å². The molecule has 2 aromatic carbocycles. The third-order valence-corrected chi connectivity index (χ3v) is 17.1. The van der Waals surface area contributed by atoms with Crippen molar-refractivity contribution in [2.75, 3.05) is 13.1 Å². The first-order valence-corrected chi connectivity index (χ1v) is 24.1. The highest BCUT2D eigenvalue weighted by molar-refractivity contribution is 7.90. The quantitative estimate of drug-likeness (QED) is 0.119. The Kier molecular flexibility index (Phi) is 13.7. The number of hydrogen-bond acceptors (Lipinski definition) is 8. The summed E-state index contributed by atoms with van der Waals surface area (Å²) < 4.78 is 41.5. The zero-order chi connectivity index (χ0) is 41.6. The zero-order valence-corrected chi connectivity index (χ0v) is 36.3. The number of rotatable bonds is 14. The van der Waals surface area contributed by atoms with Gasteiger partial charge in [-0.15, -0.1) is 0 Å². The van der Waals surface area contributed by atoms with Crippen LogP contribution in [-0.4, -0.2) is 67.9 Å². The molecule has 2 heterocycles. The van der Waals surface area contributed by atoms with Crippen molar-refractivity contribution in [3.05, 3.63) is 108 Å². The molecule has 5 rings (SSSR count). The van der Waals surface area contributed by atoms with Gasteiger partial charge in [0.2, 0.25) is 0 Å². The maximum atomic E-state index is 13.5. The number of nitrogens with one attached hydrogen (secondary N) is 1. The summed E-state index contributed by atoms with van der Waals surface area (Å²) in [5.74, 6) is -0.638. The molecule has 0 aliphatic heterocycles. The molecule has 0 radical (unpaired) electrons. The molecule has 13 heteroatoms. The highest BCUT2D eigenvalue weighted by Gasteiger charge is 2.41. The third kappa shape index (κ3) is 11.3. The monoisotopic (exact) mass is 814 g/mol. The van der Waals surface area contributed by atoms with E-state index in [4.69, 9.17) is 9.16 Å². The van der Waals surface area contributed by atoms with Crippen molar-refractivity contribution in [3.8, 4) is 16.9 Å². The van der Waals surface area contributed by atoms with E-state index in [1.807, 2.05) is 36.4 Å². The van der Waals surface area contributed by atoms with E-state index in [1.165, 1.54) is 29.4 Å². The first-order valence-electron chi connectivity index (χ1n) is 19.7. The SMILES string of the molecule is CC(C)(C)C(CN(C[C@H](O[Si](C)(C)C(C)(C)C)c1cccnc1)C(=O)O)c1ccc(-c2ccc(C(=O)NS(=O)(=O)c3cccnc3)c(OC3CCCCC3)c2)cc1. The lowest BCUT2D eigenvalue weighted by Gasteiger charge is -2.41. The number of sulfonamides is 1. The molecule has 0 spiro atoms. The molecule has 11 nitrogen and oxygen atoms in total. The van der Waals surface area contributed by atoms with Crippen LogP contribution in [0.2, 0.25) is 18.1 Å². The fraction of sp³-hybridized carbons (Fsp3) is 0.455. The number of aromatic nitrogens is 2. The first-order chi connectivity index (χ1) is 26.7. The minimum atomic E-state index is -4.16. The summed E-state index contributed by atoms with van der Waals surface area (Å²) in [4.78, 5) is 36.0. The van der Waals surface area contributed by atoms with Crippen LogP contribution in [0.25, 0.3) is 11.1 Å². The lowest BCUT2D eigenvalue weighted by molar-refractivity contribution is 0.0901. The van der Waals surface area contributed by atoms with Gasteiger partial charge in [0, 0.05) is 37.3 Å². The van der Waals surface area contributed by atoms with Crippen LogP contribution in [0.5, 0.6) is 5.75 Å². The predicted molar refractivity (Wildman–Crippen MR) is 225 cm³/mol. The van der Waals surface area contributed by atoms with E-state index >= 15 is 0 Å². The number of carbonyl (C=O) groups excluding carboxylic acids is 1. The molecule has 2 aromatic heterocycles. The van der Waals surface area contributed by atoms with Crippen molar-refractivity contribution < 1.29 is 32.3 Å². The van der Waals surface area contributed by atoms with Gasteiger partial charge in [-0.05, 0) is 102 Å². The molecule has 0 saturated heterocycles. The molecule has 2 atom stereocenters. The zero-order valence-electron chi connectivity index (χ0n) is 34.5. The number of ether oxygens (including phenoxy) is 1. The van der Waals surface area contributed by atoms with E-state index < -0.39 is 36.4 Å². The lowest BCUT2D eigenvalue weighted by atomic mass is 9.76. The Bertz CT molecular complexity index is 2080. The minimum absolute atomic E-state index is 0.0758. The second kappa shape index (κ2) is 17.9. The van der Waals surface area contributed by atoms with Crippen LogP contribution in [0, 0.1) is 5.41 Å². The molecule has 2 amide bonds. The van der Waals surface area contributed by atoms with Crippen LogP contribution in [-0.2, 0) is 14.4 Å². The number of nitrogens with zero attached hydrogens (tertiary/aromatic N) is 3. The lowest BCUT2D eigenvalue weighted by Crippen LogP contribution is -2.46. The maximum Gasteiger partial charge on any atom is 0.407 e. The summed E-state index contributed by atoms with van der Waals surface area (Å²) in [7, 11) is -6.45. The summed E-state index contributed by atoms with van der Waals surface area (Å²) in [5, 5.41) is 10.5. The van der Waals surface area contributed by atoms with Gasteiger partial charge in [-0.2, -0.15) is 0 Å². The number of carbonyl (C=O) groups is 2. The third-order valence-electron chi connectivity index (χ3n) is 11.3. The Balaban J connectivity index is 1.42. The van der Waals surface area contributed by atoms with E-state index in [0.717, 1.165) is 54.4 Å². The van der Waals surface area contributed by atoms with Gasteiger partial charge in [-0.1, -0.05) is 84.4 Å². The van der Waals surface area contributed by atoms with Gasteiger partial charge in [-0.25, -0.2) is 17.9 Å². The Hall–Kier alpha value is -4.59. The van der Waals surface area contributed by atoms with E-state index in [0.29, 0.717) is 5.75 Å². The number of carboxylic acid groups (broad SMARTS) is 1. The number of benzene rings is 2. The topological polar surface area (TPSA) is 148 Å². The first kappa shape index (κ1) is 43.5. The Morgan fingerprint density at radius 1 is 0.860 bits per heavy atom. The van der Waals surface area contributed by atoms with E-state index in [1.54, 1.807) is 30.6 Å². The van der Waals surface area contributed by atoms with E-state index in [-0.39, 0.29) is 46.0 Å². The van der Waals surface area contributed by atoms with Crippen LogP contribution in [0.15, 0.2) is 96.4 Å². The molecular weight excluding hydrogens is 757 g/mol. The van der Waals surface area contributed by atoms with Crippen molar-refractivity contribution in [1.29, 1.82) is 0 Å². The number of pyridine rings is 2. The Labute approximate surface area is 339 Å². The second-order valence-corrected chi connectivity index (χ2v) is 24.0. The smallest absolute Gasteiger partial charge is 0.407 e. The summed E-state index contributed by atoms with van der Waals surface area (Å²) in [5.41, 5.74) is 3.31. The molecule has 2 N–H and O–H groups in total. The normalized spacial score (nSPS) is 15.4.